The van der Waals surface area contributed by atoms with Crippen molar-refractivity contribution in [2.24, 2.45) is 50.2 Å². The molecule has 0 aromatic heterocycles. The number of allylic oxidation sites excluding steroid dienone is 2. The SMILES string of the molecule is C[C@@H]1O[C@H](O[C@H]2[C@H](O[C@@H]3CC[C@]4(C)[C@H](CC[C@]5(C)[C@@H]4CC=C4[C@H]6CC(C)(C)CC[C@@]6(C(=O)O)CC[C@]45C)C3(C)C)OC[C@@H](O)[C@H]2O)[C@@H](O)[C@H](O[C@H]2OC[C@H](O)[C@@H](O[C@H]3O[C@H](C)[C@@H](O[C@H]4OC[C@H](O)[C@@H](O[C@H]5OC[C@H](O[C@H]6OC[C@@H](O)[C@H](O)[C@@H]6O)[C@@H](O)[C@H]5O)[C@H]4O)[C@@H](O)[C@@H]3O)[C@@H]2O)[C@H]1O. The van der Waals surface area contributed by atoms with Crippen LogP contribution < -0.4 is 0 Å². The van der Waals surface area contributed by atoms with Crippen LogP contribution in [-0.4, -0.2) is 311 Å². The molecule has 5 aliphatic carbocycles. The fourth-order valence-electron chi connectivity index (χ4n) is 19.6. The molecule has 0 bridgehead atoms. The first-order valence-corrected chi connectivity index (χ1v) is 35.1. The van der Waals surface area contributed by atoms with Crippen molar-refractivity contribution < 1.29 is 153 Å². The molecule has 0 radical (unpaired) electrons. The lowest BCUT2D eigenvalue weighted by Gasteiger charge is -2.71. The average Bonchev–Trinajstić information content (AvgIpc) is 0.676. The van der Waals surface area contributed by atoms with E-state index in [1.807, 2.05) is 0 Å². The quantitative estimate of drug-likeness (QED) is 0.0584. The Morgan fingerprint density at radius 2 is 0.918 bits per heavy atom. The molecule has 562 valence electrons. The molecule has 31 nitrogen and oxygen atoms in total. The highest BCUT2D eigenvalue weighted by Crippen LogP contribution is 2.76. The summed E-state index contributed by atoms with van der Waals surface area (Å²) in [6.45, 7) is 16.8. The van der Waals surface area contributed by atoms with Crippen LogP contribution in [0.5, 0.6) is 0 Å². The first-order valence-electron chi connectivity index (χ1n) is 35.1. The van der Waals surface area contributed by atoms with E-state index in [4.69, 9.17) is 66.3 Å². The van der Waals surface area contributed by atoms with Crippen molar-refractivity contribution in [3.8, 4) is 0 Å². The Balaban J connectivity index is 0.658. The minimum absolute atomic E-state index is 0.0105. The highest BCUT2D eigenvalue weighted by atomic mass is 16.8. The molecule has 0 unspecified atom stereocenters. The van der Waals surface area contributed by atoms with Crippen LogP contribution in [0.2, 0.25) is 0 Å². The Morgan fingerprint density at radius 3 is 1.56 bits per heavy atom. The number of hydrogen-bond donors (Lipinski definition) is 16. The van der Waals surface area contributed by atoms with Gasteiger partial charge in [-0.3, -0.25) is 4.79 Å². The van der Waals surface area contributed by atoms with Gasteiger partial charge >= 0.3 is 5.97 Å². The fourth-order valence-corrected chi connectivity index (χ4v) is 19.6. The molecule has 31 heteroatoms. The number of fused-ring (bicyclic) bond motifs is 7. The molecule has 98 heavy (non-hydrogen) atoms. The maximum atomic E-state index is 13.3. The number of aliphatic hydroxyl groups is 15. The molecular formula is C67H108O31. The fraction of sp³-hybridized carbons (Fsp3) is 0.955. The number of rotatable bonds is 15. The van der Waals surface area contributed by atoms with E-state index in [-0.39, 0.29) is 40.1 Å². The standard InChI is InChI=1S/C67H108O31/c1-26-38(72)52(97-57-47(81)51(33(71)24-87-57)96-58-45(79)42(76)49(27(2)91-58)94-56-46(80)50(32(70)23-86-56)95-55-44(78)41(75)34(25-89-55)92-54-43(77)39(73)30(68)21-85-54)48(82)59(90-26)98-53-40(74)31(69)22-88-60(53)93-37-13-14-64(7)35(63(37,5)6)12-15-66(9)36(64)11-10-28-29-20-62(3,4)16-18-67(29,61(83)84)19-17-65(28,66)8/h10,26-27,29-60,68-82H,11-25H2,1-9H3,(H,83,84)/t26-,27+,29+,30+,31+,32-,33-,34-,35+,36+,37+,38-,39-,40+,41+,42-,43-,44+,45-,46+,47-,48-,49+,50+,51+,52+,53+,54+,55+,56+,57+,58+,59+,60-,64+,65+,66+,67+/m0/s1. The van der Waals surface area contributed by atoms with E-state index in [0.717, 1.165) is 44.9 Å². The van der Waals surface area contributed by atoms with Crippen LogP contribution in [0.1, 0.15) is 127 Å². The molecule has 38 atom stereocenters. The van der Waals surface area contributed by atoms with E-state index >= 15 is 0 Å². The summed E-state index contributed by atoms with van der Waals surface area (Å²) in [4.78, 5) is 13.3. The van der Waals surface area contributed by atoms with Gasteiger partial charge < -0.3 is 148 Å². The van der Waals surface area contributed by atoms with Gasteiger partial charge in [-0.15, -0.1) is 0 Å². The Morgan fingerprint density at radius 1 is 0.429 bits per heavy atom. The average molecular weight is 1410 g/mol. The minimum atomic E-state index is -2.00. The number of aliphatic hydroxyl groups excluding tert-OH is 15. The summed E-state index contributed by atoms with van der Waals surface area (Å²) >= 11 is 0. The topological polar surface area (TPSA) is 470 Å². The zero-order valence-electron chi connectivity index (χ0n) is 57.1. The van der Waals surface area contributed by atoms with Gasteiger partial charge in [0.05, 0.1) is 56.8 Å². The number of hydrogen-bond acceptors (Lipinski definition) is 30. The number of carbonyl (C=O) groups is 1. The van der Waals surface area contributed by atoms with Gasteiger partial charge in [-0.05, 0) is 123 Å². The predicted molar refractivity (Wildman–Crippen MR) is 328 cm³/mol. The molecule has 0 spiro atoms. The van der Waals surface area contributed by atoms with Crippen molar-refractivity contribution in [1.29, 1.82) is 0 Å². The highest BCUT2D eigenvalue weighted by Gasteiger charge is 2.70. The maximum Gasteiger partial charge on any atom is 0.310 e. The molecule has 12 aliphatic rings. The monoisotopic (exact) mass is 1410 g/mol. The van der Waals surface area contributed by atoms with Gasteiger partial charge in [-0.2, -0.15) is 0 Å². The van der Waals surface area contributed by atoms with Crippen LogP contribution in [0.15, 0.2) is 11.6 Å². The minimum Gasteiger partial charge on any atom is -0.481 e. The van der Waals surface area contributed by atoms with E-state index in [1.54, 1.807) is 0 Å². The van der Waals surface area contributed by atoms with Crippen LogP contribution in [0.4, 0.5) is 0 Å². The second-order valence-electron chi connectivity index (χ2n) is 32.4. The van der Waals surface area contributed by atoms with Crippen LogP contribution in [0, 0.1) is 50.2 Å². The molecule has 12 rings (SSSR count). The Hall–Kier alpha value is -1.95. The van der Waals surface area contributed by atoms with Crippen molar-refractivity contribution in [3.05, 3.63) is 11.6 Å². The predicted octanol–water partition coefficient (Wildman–Crippen LogP) is -2.75. The van der Waals surface area contributed by atoms with Gasteiger partial charge in [-0.25, -0.2) is 0 Å². The lowest BCUT2D eigenvalue weighted by molar-refractivity contribution is -0.387. The number of carboxylic acid groups (broad SMARTS) is 1. The van der Waals surface area contributed by atoms with Crippen molar-refractivity contribution in [3.63, 3.8) is 0 Å². The van der Waals surface area contributed by atoms with Crippen LogP contribution in [-0.2, 0) is 71.1 Å². The third-order valence-electron chi connectivity index (χ3n) is 25.8. The van der Waals surface area contributed by atoms with Crippen LogP contribution in [0.3, 0.4) is 0 Å². The third kappa shape index (κ3) is 13.2. The zero-order chi connectivity index (χ0) is 71.0. The molecule has 7 saturated heterocycles. The van der Waals surface area contributed by atoms with E-state index < -0.39 is 234 Å². The number of carboxylic acids is 1. The van der Waals surface area contributed by atoms with Gasteiger partial charge in [0.15, 0.2) is 44.0 Å². The molecule has 0 aromatic rings. The van der Waals surface area contributed by atoms with Crippen LogP contribution in [0.25, 0.3) is 0 Å². The molecular weight excluding hydrogens is 1300 g/mol. The van der Waals surface area contributed by atoms with Gasteiger partial charge in [0.25, 0.3) is 0 Å². The maximum absolute atomic E-state index is 13.3. The highest BCUT2D eigenvalue weighted by molar-refractivity contribution is 5.76. The van der Waals surface area contributed by atoms with E-state index in [9.17, 15) is 86.5 Å². The van der Waals surface area contributed by atoms with Crippen LogP contribution >= 0.6 is 0 Å². The lowest BCUT2D eigenvalue weighted by Crippen LogP contribution is -2.66. The Kier molecular flexibility index (Phi) is 21.9. The van der Waals surface area contributed by atoms with Gasteiger partial charge in [0.1, 0.15) is 128 Å². The molecule has 11 fully saturated rings. The Labute approximate surface area is 569 Å². The summed E-state index contributed by atoms with van der Waals surface area (Å²) in [6, 6.07) is 0. The molecule has 4 saturated carbocycles. The smallest absolute Gasteiger partial charge is 0.310 e. The van der Waals surface area contributed by atoms with Gasteiger partial charge in [0, 0.05) is 0 Å². The van der Waals surface area contributed by atoms with Gasteiger partial charge in [-0.1, -0.05) is 60.1 Å². The third-order valence-corrected chi connectivity index (χ3v) is 25.8. The van der Waals surface area contributed by atoms with E-state index in [2.05, 4.69) is 54.5 Å². The molecule has 16 N–H and O–H groups in total. The number of ether oxygens (including phenoxy) is 14. The van der Waals surface area contributed by atoms with E-state index in [1.165, 1.54) is 19.4 Å². The van der Waals surface area contributed by atoms with E-state index in [0.29, 0.717) is 25.2 Å². The van der Waals surface area contributed by atoms with Crippen molar-refractivity contribution in [2.75, 3.05) is 33.0 Å². The summed E-state index contributed by atoms with van der Waals surface area (Å²) < 4.78 is 82.7. The van der Waals surface area contributed by atoms with Crippen molar-refractivity contribution in [2.45, 2.75) is 317 Å². The molecule has 0 amide bonds. The molecule has 7 heterocycles. The lowest BCUT2D eigenvalue weighted by atomic mass is 9.33. The Bertz CT molecular complexity index is 2790. The normalized spacial score (nSPS) is 55.0. The van der Waals surface area contributed by atoms with Gasteiger partial charge in [0.2, 0.25) is 0 Å². The second-order valence-corrected chi connectivity index (χ2v) is 32.4. The molecule has 7 aliphatic heterocycles. The summed E-state index contributed by atoms with van der Waals surface area (Å²) in [7, 11) is 0. The largest absolute Gasteiger partial charge is 0.481 e. The van der Waals surface area contributed by atoms with Crippen molar-refractivity contribution >= 4 is 5.97 Å². The summed E-state index contributed by atoms with van der Waals surface area (Å²) in [5.41, 5.74) is -0.195. The summed E-state index contributed by atoms with van der Waals surface area (Å²) in [5, 5.41) is 177. The molecule has 0 aromatic carbocycles. The second kappa shape index (κ2) is 28.4. The first kappa shape index (κ1) is 75.7. The summed E-state index contributed by atoms with van der Waals surface area (Å²) in [6.07, 6.45) is -39.0. The summed E-state index contributed by atoms with van der Waals surface area (Å²) in [5.74, 6) is -0.191. The van der Waals surface area contributed by atoms with Crippen molar-refractivity contribution in [1.82, 2.24) is 0 Å². The number of aliphatic carboxylic acids is 1. The zero-order valence-corrected chi connectivity index (χ0v) is 57.1. The first-order chi connectivity index (χ1) is 46.0.